The predicted molar refractivity (Wildman–Crippen MR) is 120 cm³/mol. The van der Waals surface area contributed by atoms with Crippen LogP contribution in [0.15, 0.2) is 42.0 Å². The Morgan fingerprint density at radius 1 is 1.38 bits per heavy atom. The maximum absolute atomic E-state index is 4.90. The molecule has 1 N–H and O–H groups in total. The van der Waals surface area contributed by atoms with Crippen LogP contribution in [-0.2, 0) is 6.54 Å². The van der Waals surface area contributed by atoms with Crippen LogP contribution < -0.4 is 5.32 Å². The van der Waals surface area contributed by atoms with Crippen molar-refractivity contribution in [3.63, 3.8) is 0 Å². The SMILES string of the molecule is CCNC(=NCc1cccnc1-n1ccnc1)N1CCSC(CC)C1.I. The van der Waals surface area contributed by atoms with E-state index in [0.29, 0.717) is 11.8 Å². The van der Waals surface area contributed by atoms with Gasteiger partial charge in [0.2, 0.25) is 0 Å². The van der Waals surface area contributed by atoms with Crippen LogP contribution in [0.25, 0.3) is 5.82 Å². The first kappa shape index (κ1) is 21.0. The summed E-state index contributed by atoms with van der Waals surface area (Å²) in [5.41, 5.74) is 1.09. The third-order valence-electron chi connectivity index (χ3n) is 4.24. The molecular formula is C18H27IN6S. The highest BCUT2D eigenvalue weighted by molar-refractivity contribution is 14.0. The molecule has 1 atom stereocenters. The molecule has 1 fully saturated rings. The summed E-state index contributed by atoms with van der Waals surface area (Å²) in [6.45, 7) is 7.97. The zero-order valence-electron chi connectivity index (χ0n) is 15.3. The van der Waals surface area contributed by atoms with Gasteiger partial charge in [-0.1, -0.05) is 13.0 Å². The third kappa shape index (κ3) is 5.35. The quantitative estimate of drug-likeness (QED) is 0.400. The van der Waals surface area contributed by atoms with Gasteiger partial charge in [0, 0.05) is 54.8 Å². The standard InChI is InChI=1S/C18H26N6S.HI/c1-3-16-13-23(10-11-25-16)18(20-4-2)22-12-15-6-5-7-21-17(15)24-9-8-19-14-24;/h5-9,14,16H,3-4,10-13H2,1-2H3,(H,20,22);1H. The van der Waals surface area contributed by atoms with Gasteiger partial charge in [-0.05, 0) is 19.4 Å². The molecule has 1 unspecified atom stereocenters. The number of halogens is 1. The molecule has 0 amide bonds. The van der Waals surface area contributed by atoms with E-state index in [2.05, 4.69) is 51.9 Å². The molecule has 6 nitrogen and oxygen atoms in total. The summed E-state index contributed by atoms with van der Waals surface area (Å²) in [5, 5.41) is 4.14. The fraction of sp³-hybridized carbons (Fsp3) is 0.500. The molecule has 3 heterocycles. The molecule has 8 heteroatoms. The number of nitrogens with zero attached hydrogens (tertiary/aromatic N) is 5. The maximum Gasteiger partial charge on any atom is 0.194 e. The number of guanidine groups is 1. The lowest BCUT2D eigenvalue weighted by Crippen LogP contribution is -2.48. The van der Waals surface area contributed by atoms with Crippen LogP contribution in [0, 0.1) is 0 Å². The molecule has 2 aromatic heterocycles. The lowest BCUT2D eigenvalue weighted by molar-refractivity contribution is 0.408. The minimum absolute atomic E-state index is 0. The summed E-state index contributed by atoms with van der Waals surface area (Å²) in [4.78, 5) is 15.9. The van der Waals surface area contributed by atoms with Gasteiger partial charge < -0.3 is 10.2 Å². The van der Waals surface area contributed by atoms with Crippen molar-refractivity contribution in [3.8, 4) is 5.82 Å². The highest BCUT2D eigenvalue weighted by Gasteiger charge is 2.21. The van der Waals surface area contributed by atoms with Crippen LogP contribution in [0.3, 0.4) is 0 Å². The van der Waals surface area contributed by atoms with Gasteiger partial charge in [0.25, 0.3) is 0 Å². The first-order valence-electron chi connectivity index (χ1n) is 8.88. The van der Waals surface area contributed by atoms with E-state index in [1.807, 2.05) is 16.8 Å². The summed E-state index contributed by atoms with van der Waals surface area (Å²) < 4.78 is 1.93. The number of rotatable bonds is 5. The predicted octanol–water partition coefficient (Wildman–Crippen LogP) is 3.18. The summed E-state index contributed by atoms with van der Waals surface area (Å²) >= 11 is 2.07. The van der Waals surface area contributed by atoms with E-state index >= 15 is 0 Å². The smallest absolute Gasteiger partial charge is 0.194 e. The zero-order valence-corrected chi connectivity index (χ0v) is 18.5. The first-order valence-corrected chi connectivity index (χ1v) is 9.93. The topological polar surface area (TPSA) is 58.3 Å². The van der Waals surface area contributed by atoms with Crippen LogP contribution in [0.2, 0.25) is 0 Å². The van der Waals surface area contributed by atoms with E-state index in [9.17, 15) is 0 Å². The van der Waals surface area contributed by atoms with Gasteiger partial charge in [-0.3, -0.25) is 4.57 Å². The number of thioether (sulfide) groups is 1. The fourth-order valence-corrected chi connectivity index (χ4v) is 4.10. The van der Waals surface area contributed by atoms with Crippen molar-refractivity contribution in [2.45, 2.75) is 32.1 Å². The molecule has 3 rings (SSSR count). The summed E-state index contributed by atoms with van der Waals surface area (Å²) in [6.07, 6.45) is 8.46. The largest absolute Gasteiger partial charge is 0.357 e. The van der Waals surface area contributed by atoms with Crippen LogP contribution in [0.4, 0.5) is 0 Å². The Bertz CT molecular complexity index is 691. The second kappa shape index (κ2) is 10.8. The molecule has 1 aliphatic heterocycles. The van der Waals surface area contributed by atoms with Crippen molar-refractivity contribution < 1.29 is 0 Å². The normalized spacial score (nSPS) is 17.7. The maximum atomic E-state index is 4.90. The Morgan fingerprint density at radius 3 is 3.00 bits per heavy atom. The fourth-order valence-electron chi connectivity index (χ4n) is 2.92. The van der Waals surface area contributed by atoms with Crippen LogP contribution in [0.1, 0.15) is 25.8 Å². The molecule has 0 radical (unpaired) electrons. The number of hydrogen-bond donors (Lipinski definition) is 1. The third-order valence-corrected chi connectivity index (χ3v) is 5.62. The first-order chi connectivity index (χ1) is 12.3. The van der Waals surface area contributed by atoms with Crippen molar-refractivity contribution in [1.29, 1.82) is 0 Å². The second-order valence-corrected chi connectivity index (χ2v) is 7.38. The summed E-state index contributed by atoms with van der Waals surface area (Å²) in [5.74, 6) is 3.05. The summed E-state index contributed by atoms with van der Waals surface area (Å²) in [6, 6.07) is 4.04. The lowest BCUT2D eigenvalue weighted by Gasteiger charge is -2.34. The van der Waals surface area contributed by atoms with Crippen molar-refractivity contribution in [3.05, 3.63) is 42.6 Å². The molecule has 0 bridgehead atoms. The molecule has 1 aliphatic rings. The molecule has 26 heavy (non-hydrogen) atoms. The minimum atomic E-state index is 0. The highest BCUT2D eigenvalue weighted by Crippen LogP contribution is 2.21. The Hall–Kier alpha value is -1.29. The molecule has 142 valence electrons. The van der Waals surface area contributed by atoms with Gasteiger partial charge in [-0.15, -0.1) is 24.0 Å². The monoisotopic (exact) mass is 486 g/mol. The highest BCUT2D eigenvalue weighted by atomic mass is 127. The molecule has 1 saturated heterocycles. The number of aromatic nitrogens is 3. The van der Waals surface area contributed by atoms with Crippen molar-refractivity contribution >= 4 is 41.7 Å². The van der Waals surface area contributed by atoms with E-state index in [1.54, 1.807) is 18.7 Å². The van der Waals surface area contributed by atoms with Gasteiger partial charge in [-0.25, -0.2) is 15.0 Å². The van der Waals surface area contributed by atoms with Gasteiger partial charge >= 0.3 is 0 Å². The number of imidazole rings is 1. The van der Waals surface area contributed by atoms with Crippen LogP contribution >= 0.6 is 35.7 Å². The molecule has 2 aromatic rings. The molecule has 0 saturated carbocycles. The zero-order chi connectivity index (χ0) is 17.5. The van der Waals surface area contributed by atoms with E-state index in [0.717, 1.165) is 42.7 Å². The lowest BCUT2D eigenvalue weighted by atomic mass is 10.2. The van der Waals surface area contributed by atoms with Gasteiger partial charge in [-0.2, -0.15) is 11.8 Å². The molecule has 0 aliphatic carbocycles. The molecule has 0 aromatic carbocycles. The Kier molecular flexibility index (Phi) is 8.70. The Labute approximate surface area is 176 Å². The van der Waals surface area contributed by atoms with Gasteiger partial charge in [0.15, 0.2) is 5.96 Å². The van der Waals surface area contributed by atoms with Crippen molar-refractivity contribution in [1.82, 2.24) is 24.8 Å². The van der Waals surface area contributed by atoms with E-state index in [-0.39, 0.29) is 24.0 Å². The summed E-state index contributed by atoms with van der Waals surface area (Å²) in [7, 11) is 0. The second-order valence-electron chi connectivity index (χ2n) is 5.97. The average Bonchev–Trinajstić information content (AvgIpc) is 3.20. The van der Waals surface area contributed by atoms with E-state index < -0.39 is 0 Å². The van der Waals surface area contributed by atoms with E-state index in [4.69, 9.17) is 4.99 Å². The van der Waals surface area contributed by atoms with Crippen LogP contribution in [-0.4, -0.2) is 56.0 Å². The van der Waals surface area contributed by atoms with Gasteiger partial charge in [0.1, 0.15) is 12.1 Å². The van der Waals surface area contributed by atoms with E-state index in [1.165, 1.54) is 6.42 Å². The molecular weight excluding hydrogens is 459 g/mol. The molecule has 0 spiro atoms. The van der Waals surface area contributed by atoms with Gasteiger partial charge in [0.05, 0.1) is 6.54 Å². The Morgan fingerprint density at radius 2 is 2.27 bits per heavy atom. The van der Waals surface area contributed by atoms with Crippen molar-refractivity contribution in [2.24, 2.45) is 4.99 Å². The average molecular weight is 486 g/mol. The minimum Gasteiger partial charge on any atom is -0.357 e. The number of nitrogens with one attached hydrogen (secondary N) is 1. The van der Waals surface area contributed by atoms with Crippen LogP contribution in [0.5, 0.6) is 0 Å². The Balaban J connectivity index is 0.00000243. The van der Waals surface area contributed by atoms with Crippen molar-refractivity contribution in [2.75, 3.05) is 25.4 Å². The number of pyridine rings is 1. The number of hydrogen-bond acceptors (Lipinski definition) is 4. The number of aliphatic imine (C=N–C) groups is 1.